The highest BCUT2D eigenvalue weighted by atomic mass is 79.9. The second-order valence-corrected chi connectivity index (χ2v) is 5.01. The van der Waals surface area contributed by atoms with Crippen LogP contribution in [0, 0.1) is 0 Å². The van der Waals surface area contributed by atoms with Crippen molar-refractivity contribution >= 4 is 39.7 Å². The molecule has 1 aliphatic rings. The Bertz CT molecular complexity index is 614. The van der Waals surface area contributed by atoms with Crippen molar-refractivity contribution in [3.63, 3.8) is 0 Å². The maximum atomic E-state index is 11.6. The highest BCUT2D eigenvalue weighted by molar-refractivity contribution is 9.10. The fourth-order valence-corrected chi connectivity index (χ4v) is 1.96. The molecule has 22 heavy (non-hydrogen) atoms. The van der Waals surface area contributed by atoms with Gasteiger partial charge in [0.2, 0.25) is 0 Å². The molecule has 1 aromatic rings. The molecule has 2 N–H and O–H groups in total. The molecule has 0 spiro atoms. The van der Waals surface area contributed by atoms with Crippen molar-refractivity contribution in [3.05, 3.63) is 22.6 Å². The Morgan fingerprint density at radius 1 is 1.41 bits per heavy atom. The second-order valence-electron chi connectivity index (χ2n) is 4.22. The third-order valence-electron chi connectivity index (χ3n) is 2.70. The van der Waals surface area contributed by atoms with Crippen LogP contribution in [-0.4, -0.2) is 55.0 Å². The van der Waals surface area contributed by atoms with Crippen LogP contribution in [0.4, 0.5) is 4.79 Å². The fourth-order valence-electron chi connectivity index (χ4n) is 1.66. The minimum atomic E-state index is -0.799. The van der Waals surface area contributed by atoms with Crippen LogP contribution in [0.1, 0.15) is 10.6 Å². The number of halogens is 1. The lowest BCUT2D eigenvalue weighted by Crippen LogP contribution is -2.38. The third kappa shape index (κ3) is 4.07. The molecular formula is C12H12BrN3O6. The molecule has 0 radical (unpaired) electrons. The van der Waals surface area contributed by atoms with Crippen LogP contribution >= 0.6 is 15.9 Å². The van der Waals surface area contributed by atoms with E-state index in [1.807, 2.05) is 0 Å². The summed E-state index contributed by atoms with van der Waals surface area (Å²) in [6.45, 7) is -0.377. The molecule has 2 rings (SSSR count). The molecule has 4 amide bonds. The van der Waals surface area contributed by atoms with Crippen molar-refractivity contribution in [2.24, 2.45) is 0 Å². The average Bonchev–Trinajstić information content (AvgIpc) is 3.10. The van der Waals surface area contributed by atoms with Crippen molar-refractivity contribution in [3.8, 4) is 0 Å². The Balaban J connectivity index is 1.70. The van der Waals surface area contributed by atoms with Gasteiger partial charge in [0.1, 0.15) is 6.54 Å². The van der Waals surface area contributed by atoms with Gasteiger partial charge < -0.3 is 19.8 Å². The van der Waals surface area contributed by atoms with Crippen LogP contribution < -0.4 is 10.6 Å². The molecule has 9 nitrogen and oxygen atoms in total. The van der Waals surface area contributed by atoms with E-state index in [-0.39, 0.29) is 12.3 Å². The van der Waals surface area contributed by atoms with E-state index in [0.717, 1.165) is 4.90 Å². The smallest absolute Gasteiger partial charge is 0.325 e. The number of carbonyl (C=O) groups excluding carboxylic acids is 4. The van der Waals surface area contributed by atoms with Gasteiger partial charge in [-0.05, 0) is 28.1 Å². The van der Waals surface area contributed by atoms with Crippen LogP contribution in [0.3, 0.4) is 0 Å². The molecule has 0 aliphatic carbocycles. The Labute approximate surface area is 133 Å². The Morgan fingerprint density at radius 2 is 2.18 bits per heavy atom. The molecule has 0 bridgehead atoms. The molecule has 1 aromatic heterocycles. The number of nitrogens with zero attached hydrogens (tertiary/aromatic N) is 1. The largest absolute Gasteiger partial charge is 0.454 e. The van der Waals surface area contributed by atoms with E-state index in [4.69, 9.17) is 9.15 Å². The molecule has 2 heterocycles. The fraction of sp³-hybridized carbons (Fsp3) is 0.333. The van der Waals surface area contributed by atoms with Gasteiger partial charge in [0.15, 0.2) is 17.0 Å². The summed E-state index contributed by atoms with van der Waals surface area (Å²) in [5.74, 6) is -1.98. The maximum Gasteiger partial charge on any atom is 0.325 e. The van der Waals surface area contributed by atoms with Crippen LogP contribution in [0.5, 0.6) is 0 Å². The van der Waals surface area contributed by atoms with Crippen LogP contribution in [0.2, 0.25) is 0 Å². The number of esters is 1. The zero-order valence-electron chi connectivity index (χ0n) is 11.3. The number of carbonyl (C=O) groups is 4. The van der Waals surface area contributed by atoms with E-state index in [9.17, 15) is 19.2 Å². The molecule has 1 saturated heterocycles. The first-order valence-electron chi connectivity index (χ1n) is 6.24. The summed E-state index contributed by atoms with van der Waals surface area (Å²) in [6, 6.07) is 2.45. The Morgan fingerprint density at radius 3 is 2.77 bits per heavy atom. The zero-order chi connectivity index (χ0) is 16.1. The van der Waals surface area contributed by atoms with Gasteiger partial charge in [-0.2, -0.15) is 0 Å². The number of urea groups is 1. The van der Waals surface area contributed by atoms with E-state index < -0.39 is 37.0 Å². The van der Waals surface area contributed by atoms with Gasteiger partial charge in [-0.15, -0.1) is 0 Å². The lowest BCUT2D eigenvalue weighted by molar-refractivity contribution is -0.149. The van der Waals surface area contributed by atoms with Gasteiger partial charge in [0.05, 0.1) is 0 Å². The van der Waals surface area contributed by atoms with E-state index in [1.165, 1.54) is 12.1 Å². The van der Waals surface area contributed by atoms with Gasteiger partial charge in [0, 0.05) is 13.1 Å². The summed E-state index contributed by atoms with van der Waals surface area (Å²) in [4.78, 5) is 46.8. The summed E-state index contributed by atoms with van der Waals surface area (Å²) in [5.41, 5.74) is 0. The Kier molecular flexibility index (Phi) is 5.15. The first kappa shape index (κ1) is 16.0. The number of nitrogens with one attached hydrogen (secondary N) is 2. The Hall–Kier alpha value is -2.36. The predicted octanol–water partition coefficient (Wildman–Crippen LogP) is -0.133. The highest BCUT2D eigenvalue weighted by Crippen LogP contribution is 2.13. The number of amides is 4. The lowest BCUT2D eigenvalue weighted by atomic mass is 10.4. The van der Waals surface area contributed by atoms with E-state index in [0.29, 0.717) is 11.2 Å². The average molecular weight is 374 g/mol. The molecule has 10 heteroatoms. The quantitative estimate of drug-likeness (QED) is 0.694. The van der Waals surface area contributed by atoms with Crippen molar-refractivity contribution in [1.29, 1.82) is 0 Å². The first-order chi connectivity index (χ1) is 10.5. The lowest BCUT2D eigenvalue weighted by Gasteiger charge is -2.12. The summed E-state index contributed by atoms with van der Waals surface area (Å²) < 4.78 is 10.1. The van der Waals surface area contributed by atoms with E-state index in [1.54, 1.807) is 0 Å². The van der Waals surface area contributed by atoms with Crippen LogP contribution in [-0.2, 0) is 14.3 Å². The van der Waals surface area contributed by atoms with Gasteiger partial charge in [-0.25, -0.2) is 4.79 Å². The summed E-state index contributed by atoms with van der Waals surface area (Å²) in [6.07, 6.45) is 0. The number of imide groups is 1. The van der Waals surface area contributed by atoms with Crippen molar-refractivity contribution < 1.29 is 28.3 Å². The molecule has 0 saturated carbocycles. The predicted molar refractivity (Wildman–Crippen MR) is 74.8 cm³/mol. The maximum absolute atomic E-state index is 11.6. The minimum absolute atomic E-state index is 0.0319. The standard InChI is InChI=1S/C12H12BrN3O6/c13-8-2-1-7(22-8)11(19)15-5-10(18)21-6-9(17)16-4-3-14-12(16)20/h1-2H,3-6H2,(H,14,20)(H,15,19). The summed E-state index contributed by atoms with van der Waals surface area (Å²) in [7, 11) is 0. The summed E-state index contributed by atoms with van der Waals surface area (Å²) >= 11 is 3.05. The summed E-state index contributed by atoms with van der Waals surface area (Å²) in [5, 5.41) is 4.73. The van der Waals surface area contributed by atoms with Gasteiger partial charge in [-0.3, -0.25) is 19.3 Å². The van der Waals surface area contributed by atoms with Gasteiger partial charge >= 0.3 is 12.0 Å². The molecule has 0 aromatic carbocycles. The number of ether oxygens (including phenoxy) is 1. The van der Waals surface area contributed by atoms with E-state index in [2.05, 4.69) is 26.6 Å². The van der Waals surface area contributed by atoms with Crippen LogP contribution in [0.15, 0.2) is 21.2 Å². The zero-order valence-corrected chi connectivity index (χ0v) is 12.8. The van der Waals surface area contributed by atoms with Gasteiger partial charge in [-0.1, -0.05) is 0 Å². The normalized spacial score (nSPS) is 13.7. The van der Waals surface area contributed by atoms with E-state index >= 15 is 0 Å². The number of rotatable bonds is 5. The molecule has 1 fully saturated rings. The highest BCUT2D eigenvalue weighted by Gasteiger charge is 2.26. The molecular weight excluding hydrogens is 362 g/mol. The monoisotopic (exact) mass is 373 g/mol. The number of hydrogen-bond acceptors (Lipinski definition) is 6. The number of furan rings is 1. The topological polar surface area (TPSA) is 118 Å². The SMILES string of the molecule is O=C(CNC(=O)c1ccc(Br)o1)OCC(=O)N1CCNC1=O. The van der Waals surface area contributed by atoms with Gasteiger partial charge in [0.25, 0.3) is 11.8 Å². The third-order valence-corrected chi connectivity index (χ3v) is 3.13. The molecule has 118 valence electrons. The molecule has 0 unspecified atom stereocenters. The number of hydrogen-bond donors (Lipinski definition) is 2. The van der Waals surface area contributed by atoms with Crippen LogP contribution in [0.25, 0.3) is 0 Å². The molecule has 0 atom stereocenters. The minimum Gasteiger partial charge on any atom is -0.454 e. The van der Waals surface area contributed by atoms with Crippen molar-refractivity contribution in [2.45, 2.75) is 0 Å². The first-order valence-corrected chi connectivity index (χ1v) is 7.04. The van der Waals surface area contributed by atoms with Crippen molar-refractivity contribution in [2.75, 3.05) is 26.2 Å². The van der Waals surface area contributed by atoms with Crippen molar-refractivity contribution in [1.82, 2.24) is 15.5 Å². The second kappa shape index (κ2) is 7.07. The molecule has 1 aliphatic heterocycles.